The van der Waals surface area contributed by atoms with Crippen LogP contribution in [0.5, 0.6) is 0 Å². The van der Waals surface area contributed by atoms with Gasteiger partial charge in [0.15, 0.2) is 0 Å². The van der Waals surface area contributed by atoms with Gasteiger partial charge in [0.2, 0.25) is 11.8 Å². The number of imide groups is 1. The summed E-state index contributed by atoms with van der Waals surface area (Å²) in [7, 11) is 0. The van der Waals surface area contributed by atoms with E-state index in [4.69, 9.17) is 4.74 Å². The van der Waals surface area contributed by atoms with Gasteiger partial charge in [0.1, 0.15) is 0 Å². The first-order valence-electron chi connectivity index (χ1n) is 6.17. The van der Waals surface area contributed by atoms with Crippen molar-refractivity contribution >= 4 is 11.8 Å². The molecule has 6 heteroatoms. The first-order chi connectivity index (χ1) is 8.28. The van der Waals surface area contributed by atoms with E-state index in [1.54, 1.807) is 0 Å². The van der Waals surface area contributed by atoms with E-state index in [1.807, 2.05) is 20.8 Å². The second-order valence-electron chi connectivity index (χ2n) is 5.49. The predicted molar refractivity (Wildman–Crippen MR) is 65.9 cm³/mol. The normalized spacial score (nSPS) is 22.8. The lowest BCUT2D eigenvalue weighted by Gasteiger charge is -2.25. The number of piperidine rings is 1. The quantitative estimate of drug-likeness (QED) is 0.582. The van der Waals surface area contributed by atoms with Crippen LogP contribution in [0.1, 0.15) is 33.6 Å². The van der Waals surface area contributed by atoms with Gasteiger partial charge in [-0.1, -0.05) is 0 Å². The number of hydrogen-bond donors (Lipinski definition) is 3. The molecule has 0 aromatic rings. The Bertz CT molecular complexity index is 312. The summed E-state index contributed by atoms with van der Waals surface area (Å²) in [5, 5.41) is 14.9. The van der Waals surface area contributed by atoms with Crippen LogP contribution < -0.4 is 10.6 Å². The topological polar surface area (TPSA) is 87.7 Å². The summed E-state index contributed by atoms with van der Waals surface area (Å²) in [6.45, 7) is 6.21. The number of hydrogen-bond acceptors (Lipinski definition) is 5. The van der Waals surface area contributed by atoms with Crippen LogP contribution in [0, 0.1) is 0 Å². The van der Waals surface area contributed by atoms with Crippen LogP contribution in [-0.2, 0) is 14.3 Å². The van der Waals surface area contributed by atoms with Crippen LogP contribution in [0.4, 0.5) is 0 Å². The molecule has 1 fully saturated rings. The Hall–Kier alpha value is -0.980. The molecule has 2 unspecified atom stereocenters. The van der Waals surface area contributed by atoms with E-state index in [9.17, 15) is 14.7 Å². The standard InChI is InChI=1S/C12H22N2O4/c1-12(2,3)18-7-8(15)6-13-9-4-5-10(16)14-11(9)17/h8-9,13,15H,4-7H2,1-3H3,(H,14,16,17). The molecule has 0 aromatic heterocycles. The van der Waals surface area contributed by atoms with Crippen LogP contribution in [-0.4, -0.2) is 47.8 Å². The van der Waals surface area contributed by atoms with Gasteiger partial charge in [-0.3, -0.25) is 14.9 Å². The lowest BCUT2D eigenvalue weighted by atomic mass is 10.1. The molecule has 1 heterocycles. The first-order valence-corrected chi connectivity index (χ1v) is 6.17. The zero-order valence-corrected chi connectivity index (χ0v) is 11.2. The van der Waals surface area contributed by atoms with Gasteiger partial charge in [-0.15, -0.1) is 0 Å². The van der Waals surface area contributed by atoms with Gasteiger partial charge in [-0.2, -0.15) is 0 Å². The first kappa shape index (κ1) is 15.1. The fourth-order valence-electron chi connectivity index (χ4n) is 1.57. The summed E-state index contributed by atoms with van der Waals surface area (Å²) in [5.74, 6) is -0.565. The highest BCUT2D eigenvalue weighted by molar-refractivity contribution is 6.00. The van der Waals surface area contributed by atoms with Gasteiger partial charge >= 0.3 is 0 Å². The SMILES string of the molecule is CC(C)(C)OCC(O)CNC1CCC(=O)NC1=O. The fourth-order valence-corrected chi connectivity index (χ4v) is 1.57. The van der Waals surface area contributed by atoms with E-state index in [0.29, 0.717) is 12.8 Å². The van der Waals surface area contributed by atoms with Gasteiger partial charge in [0.05, 0.1) is 24.4 Å². The van der Waals surface area contributed by atoms with Gasteiger partial charge in [-0.05, 0) is 27.2 Å². The van der Waals surface area contributed by atoms with Crippen LogP contribution in [0.25, 0.3) is 0 Å². The van der Waals surface area contributed by atoms with E-state index in [0.717, 1.165) is 0 Å². The second kappa shape index (κ2) is 6.26. The third-order valence-electron chi connectivity index (χ3n) is 2.55. The number of aliphatic hydroxyl groups excluding tert-OH is 1. The van der Waals surface area contributed by atoms with Crippen molar-refractivity contribution < 1.29 is 19.4 Å². The molecule has 3 N–H and O–H groups in total. The molecule has 0 bridgehead atoms. The highest BCUT2D eigenvalue weighted by Gasteiger charge is 2.26. The van der Waals surface area contributed by atoms with Gasteiger partial charge in [0.25, 0.3) is 0 Å². The molecule has 104 valence electrons. The monoisotopic (exact) mass is 258 g/mol. The maximum atomic E-state index is 11.4. The maximum absolute atomic E-state index is 11.4. The van der Waals surface area contributed by atoms with Gasteiger partial charge in [-0.25, -0.2) is 0 Å². The molecule has 0 spiro atoms. The molecule has 18 heavy (non-hydrogen) atoms. The minimum absolute atomic E-state index is 0.212. The largest absolute Gasteiger partial charge is 0.389 e. The summed E-state index contributed by atoms with van der Waals surface area (Å²) < 4.78 is 5.43. The molecule has 1 aliphatic heterocycles. The average Bonchev–Trinajstić information content (AvgIpc) is 2.24. The van der Waals surface area contributed by atoms with Crippen molar-refractivity contribution in [2.45, 2.75) is 51.4 Å². The summed E-state index contributed by atoms with van der Waals surface area (Å²) in [4.78, 5) is 22.4. The number of nitrogens with one attached hydrogen (secondary N) is 2. The third kappa shape index (κ3) is 5.57. The molecule has 0 radical (unpaired) electrons. The predicted octanol–water partition coefficient (Wildman–Crippen LogP) is -0.443. The van der Waals surface area contributed by atoms with E-state index in [2.05, 4.69) is 10.6 Å². The molecular formula is C12H22N2O4. The Labute approximate surface area is 107 Å². The zero-order valence-electron chi connectivity index (χ0n) is 11.2. The molecule has 1 rings (SSSR count). The molecular weight excluding hydrogens is 236 g/mol. The number of ether oxygens (including phenoxy) is 1. The third-order valence-corrected chi connectivity index (χ3v) is 2.55. The van der Waals surface area contributed by atoms with Gasteiger partial charge in [0, 0.05) is 13.0 Å². The lowest BCUT2D eigenvalue weighted by Crippen LogP contribution is -2.52. The average molecular weight is 258 g/mol. The summed E-state index contributed by atoms with van der Waals surface area (Å²) in [6, 6.07) is -0.410. The van der Waals surface area contributed by atoms with Crippen molar-refractivity contribution in [3.05, 3.63) is 0 Å². The van der Waals surface area contributed by atoms with E-state index in [1.165, 1.54) is 0 Å². The second-order valence-corrected chi connectivity index (χ2v) is 5.49. The molecule has 0 aliphatic carbocycles. The van der Waals surface area contributed by atoms with E-state index in [-0.39, 0.29) is 30.6 Å². The maximum Gasteiger partial charge on any atom is 0.243 e. The molecule has 0 saturated carbocycles. The summed E-state index contributed by atoms with van der Waals surface area (Å²) >= 11 is 0. The lowest BCUT2D eigenvalue weighted by molar-refractivity contribution is -0.134. The molecule has 1 aliphatic rings. The number of rotatable bonds is 5. The Morgan fingerprint density at radius 3 is 2.72 bits per heavy atom. The molecule has 0 aromatic carbocycles. The highest BCUT2D eigenvalue weighted by Crippen LogP contribution is 2.07. The molecule has 2 atom stereocenters. The van der Waals surface area contributed by atoms with Gasteiger partial charge < -0.3 is 15.2 Å². The van der Waals surface area contributed by atoms with Crippen LogP contribution in [0.15, 0.2) is 0 Å². The number of aliphatic hydroxyl groups is 1. The minimum atomic E-state index is -0.672. The van der Waals surface area contributed by atoms with Crippen molar-refractivity contribution in [1.29, 1.82) is 0 Å². The Kier molecular flexibility index (Phi) is 5.25. The summed E-state index contributed by atoms with van der Waals surface area (Å²) in [6.07, 6.45) is 0.129. The van der Waals surface area contributed by atoms with Crippen LogP contribution >= 0.6 is 0 Å². The van der Waals surface area contributed by atoms with Crippen molar-refractivity contribution in [3.63, 3.8) is 0 Å². The number of carbonyl (C=O) groups is 2. The Morgan fingerprint density at radius 1 is 1.50 bits per heavy atom. The highest BCUT2D eigenvalue weighted by atomic mass is 16.5. The Balaban J connectivity index is 2.24. The molecule has 6 nitrogen and oxygen atoms in total. The van der Waals surface area contributed by atoms with E-state index < -0.39 is 12.1 Å². The Morgan fingerprint density at radius 2 is 2.17 bits per heavy atom. The fraction of sp³-hybridized carbons (Fsp3) is 0.833. The van der Waals surface area contributed by atoms with Crippen molar-refractivity contribution in [1.82, 2.24) is 10.6 Å². The smallest absolute Gasteiger partial charge is 0.243 e. The van der Waals surface area contributed by atoms with Crippen molar-refractivity contribution in [3.8, 4) is 0 Å². The minimum Gasteiger partial charge on any atom is -0.389 e. The summed E-state index contributed by atoms with van der Waals surface area (Å²) in [5.41, 5.74) is -0.296. The molecule has 1 saturated heterocycles. The van der Waals surface area contributed by atoms with Crippen LogP contribution in [0.2, 0.25) is 0 Å². The van der Waals surface area contributed by atoms with E-state index >= 15 is 0 Å². The van der Waals surface area contributed by atoms with Crippen LogP contribution in [0.3, 0.4) is 0 Å². The van der Waals surface area contributed by atoms with Crippen molar-refractivity contribution in [2.24, 2.45) is 0 Å². The number of amides is 2. The van der Waals surface area contributed by atoms with Crippen molar-refractivity contribution in [2.75, 3.05) is 13.2 Å². The number of carbonyl (C=O) groups excluding carboxylic acids is 2. The molecule has 2 amide bonds. The zero-order chi connectivity index (χ0) is 13.8.